The van der Waals surface area contributed by atoms with Crippen molar-refractivity contribution in [3.05, 3.63) is 71.3 Å². The fourth-order valence-corrected chi connectivity index (χ4v) is 1.54. The van der Waals surface area contributed by atoms with Crippen LogP contribution in [0.4, 0.5) is 0 Å². The fraction of sp³-hybridized carbons (Fsp3) is 0. The maximum absolute atomic E-state index is 7.31. The maximum atomic E-state index is 7.31. The first-order valence-corrected chi connectivity index (χ1v) is 5.23. The van der Waals surface area contributed by atoms with E-state index >= 15 is 0 Å². The lowest BCUT2D eigenvalue weighted by Crippen LogP contribution is -1.83. The normalized spacial score (nSPS) is 10.5. The summed E-state index contributed by atoms with van der Waals surface area (Å²) in [6, 6.07) is 18.0. The second-order valence-corrected chi connectivity index (χ2v) is 3.52. The van der Waals surface area contributed by atoms with Gasteiger partial charge in [0.25, 0.3) is 0 Å². The number of hydrogen-bond acceptors (Lipinski definition) is 1. The van der Waals surface area contributed by atoms with Crippen LogP contribution >= 0.6 is 0 Å². The van der Waals surface area contributed by atoms with Crippen LogP contribution in [0.2, 0.25) is 0 Å². The van der Waals surface area contributed by atoms with Crippen molar-refractivity contribution in [3.8, 4) is 0 Å². The Balaban J connectivity index is 2.27. The van der Waals surface area contributed by atoms with Gasteiger partial charge in [-0.25, -0.2) is 0 Å². The van der Waals surface area contributed by atoms with Crippen LogP contribution in [0, 0.1) is 5.41 Å². The van der Waals surface area contributed by atoms with Crippen molar-refractivity contribution in [1.82, 2.24) is 0 Å². The van der Waals surface area contributed by atoms with Crippen LogP contribution in [0.25, 0.3) is 12.2 Å². The molecular formula is C15H13N. The van der Waals surface area contributed by atoms with Crippen LogP contribution in [-0.2, 0) is 0 Å². The number of benzene rings is 2. The predicted molar refractivity (Wildman–Crippen MR) is 69.7 cm³/mol. The van der Waals surface area contributed by atoms with E-state index in [0.717, 1.165) is 11.1 Å². The summed E-state index contributed by atoms with van der Waals surface area (Å²) < 4.78 is 0. The van der Waals surface area contributed by atoms with Crippen molar-refractivity contribution in [2.45, 2.75) is 0 Å². The van der Waals surface area contributed by atoms with Crippen LogP contribution in [0.1, 0.15) is 16.7 Å². The Morgan fingerprint density at radius 1 is 0.688 bits per heavy atom. The number of hydrogen-bond donors (Lipinski definition) is 1. The molecule has 0 aliphatic rings. The minimum absolute atomic E-state index is 0.940. The zero-order chi connectivity index (χ0) is 11.2. The van der Waals surface area contributed by atoms with Crippen molar-refractivity contribution < 1.29 is 0 Å². The zero-order valence-corrected chi connectivity index (χ0v) is 8.93. The molecule has 0 heterocycles. The van der Waals surface area contributed by atoms with Crippen molar-refractivity contribution in [2.24, 2.45) is 0 Å². The number of nitrogens with one attached hydrogen (secondary N) is 1. The average Bonchev–Trinajstić information content (AvgIpc) is 2.38. The van der Waals surface area contributed by atoms with Crippen LogP contribution in [0.5, 0.6) is 0 Å². The second kappa shape index (κ2) is 5.08. The van der Waals surface area contributed by atoms with E-state index in [1.807, 2.05) is 48.5 Å². The molecule has 2 rings (SSSR count). The summed E-state index contributed by atoms with van der Waals surface area (Å²) in [5.41, 5.74) is 3.18. The van der Waals surface area contributed by atoms with Crippen molar-refractivity contribution >= 4 is 18.4 Å². The molecule has 1 heteroatoms. The summed E-state index contributed by atoms with van der Waals surface area (Å²) in [4.78, 5) is 0. The fourth-order valence-electron chi connectivity index (χ4n) is 1.54. The Morgan fingerprint density at radius 3 is 2.00 bits per heavy atom. The molecule has 0 radical (unpaired) electrons. The molecule has 2 aromatic carbocycles. The molecule has 0 spiro atoms. The molecule has 2 aromatic rings. The molecule has 0 saturated carbocycles. The molecule has 78 valence electrons. The summed E-state index contributed by atoms with van der Waals surface area (Å²) >= 11 is 0. The van der Waals surface area contributed by atoms with Crippen molar-refractivity contribution in [1.29, 1.82) is 5.41 Å². The molecule has 0 amide bonds. The van der Waals surface area contributed by atoms with Gasteiger partial charge in [-0.05, 0) is 16.7 Å². The van der Waals surface area contributed by atoms with Gasteiger partial charge < -0.3 is 5.41 Å². The SMILES string of the molecule is N=Cc1ccccc1C=Cc1ccccc1. The topological polar surface area (TPSA) is 23.9 Å². The lowest BCUT2D eigenvalue weighted by Gasteiger charge is -1.98. The van der Waals surface area contributed by atoms with Crippen LogP contribution in [0.15, 0.2) is 54.6 Å². The Labute approximate surface area is 95.6 Å². The van der Waals surface area contributed by atoms with E-state index < -0.39 is 0 Å². The molecule has 0 unspecified atom stereocenters. The highest BCUT2D eigenvalue weighted by atomic mass is 14.3. The molecule has 0 saturated heterocycles. The van der Waals surface area contributed by atoms with Crippen LogP contribution in [0.3, 0.4) is 0 Å². The van der Waals surface area contributed by atoms with Crippen molar-refractivity contribution in [2.75, 3.05) is 0 Å². The lowest BCUT2D eigenvalue weighted by atomic mass is 10.1. The van der Waals surface area contributed by atoms with E-state index in [1.165, 1.54) is 11.8 Å². The second-order valence-electron chi connectivity index (χ2n) is 3.52. The van der Waals surface area contributed by atoms with Gasteiger partial charge in [-0.1, -0.05) is 66.7 Å². The third-order valence-corrected chi connectivity index (χ3v) is 2.41. The molecule has 0 aliphatic carbocycles. The third kappa shape index (κ3) is 2.45. The van der Waals surface area contributed by atoms with Gasteiger partial charge in [0.15, 0.2) is 0 Å². The third-order valence-electron chi connectivity index (χ3n) is 2.41. The molecule has 1 nitrogen and oxygen atoms in total. The van der Waals surface area contributed by atoms with Gasteiger partial charge in [0.05, 0.1) is 0 Å². The van der Waals surface area contributed by atoms with E-state index in [1.54, 1.807) is 0 Å². The highest BCUT2D eigenvalue weighted by Crippen LogP contribution is 2.11. The highest BCUT2D eigenvalue weighted by Gasteiger charge is 1.93. The largest absolute Gasteiger partial charge is 0.308 e. The average molecular weight is 207 g/mol. The summed E-state index contributed by atoms with van der Waals surface area (Å²) in [6.45, 7) is 0. The first-order valence-electron chi connectivity index (χ1n) is 5.23. The van der Waals surface area contributed by atoms with E-state index in [4.69, 9.17) is 5.41 Å². The van der Waals surface area contributed by atoms with E-state index in [-0.39, 0.29) is 0 Å². The molecular weight excluding hydrogens is 194 g/mol. The Hall–Kier alpha value is -2.15. The molecule has 0 aromatic heterocycles. The van der Waals surface area contributed by atoms with Gasteiger partial charge in [0.2, 0.25) is 0 Å². The summed E-state index contributed by atoms with van der Waals surface area (Å²) in [7, 11) is 0. The summed E-state index contributed by atoms with van der Waals surface area (Å²) in [5, 5.41) is 7.31. The van der Waals surface area contributed by atoms with E-state index in [2.05, 4.69) is 18.2 Å². The van der Waals surface area contributed by atoms with Gasteiger partial charge in [0, 0.05) is 6.21 Å². The molecule has 1 N–H and O–H groups in total. The monoisotopic (exact) mass is 207 g/mol. The van der Waals surface area contributed by atoms with Gasteiger partial charge in [0.1, 0.15) is 0 Å². The quantitative estimate of drug-likeness (QED) is 0.584. The van der Waals surface area contributed by atoms with E-state index in [0.29, 0.717) is 0 Å². The predicted octanol–water partition coefficient (Wildman–Crippen LogP) is 3.85. The highest BCUT2D eigenvalue weighted by molar-refractivity contribution is 5.86. The number of rotatable bonds is 3. The first kappa shape index (κ1) is 10.4. The Kier molecular flexibility index (Phi) is 3.29. The molecule has 0 aliphatic heterocycles. The van der Waals surface area contributed by atoms with Gasteiger partial charge in [-0.2, -0.15) is 0 Å². The molecule has 16 heavy (non-hydrogen) atoms. The van der Waals surface area contributed by atoms with Gasteiger partial charge >= 0.3 is 0 Å². The van der Waals surface area contributed by atoms with E-state index in [9.17, 15) is 0 Å². The first-order chi connectivity index (χ1) is 7.90. The Bertz CT molecular complexity index is 498. The molecule has 0 fully saturated rings. The van der Waals surface area contributed by atoms with Crippen LogP contribution < -0.4 is 0 Å². The maximum Gasteiger partial charge on any atom is 0.0256 e. The summed E-state index contributed by atoms with van der Waals surface area (Å²) in [6.07, 6.45) is 5.47. The minimum Gasteiger partial charge on any atom is -0.308 e. The summed E-state index contributed by atoms with van der Waals surface area (Å²) in [5.74, 6) is 0. The molecule has 0 bridgehead atoms. The Morgan fingerprint density at radius 2 is 1.31 bits per heavy atom. The van der Waals surface area contributed by atoms with Crippen LogP contribution in [-0.4, -0.2) is 6.21 Å². The smallest absolute Gasteiger partial charge is 0.0256 e. The van der Waals surface area contributed by atoms with Gasteiger partial charge in [-0.3, -0.25) is 0 Å². The standard InChI is InChI=1S/C15H13N/c16-12-15-9-5-4-8-14(15)11-10-13-6-2-1-3-7-13/h1-12,16H. The molecule has 0 atom stereocenters. The van der Waals surface area contributed by atoms with Gasteiger partial charge in [-0.15, -0.1) is 0 Å². The lowest BCUT2D eigenvalue weighted by molar-refractivity contribution is 1.53. The van der Waals surface area contributed by atoms with Crippen molar-refractivity contribution in [3.63, 3.8) is 0 Å². The minimum atomic E-state index is 0.940. The zero-order valence-electron chi connectivity index (χ0n) is 8.93.